The maximum atomic E-state index is 12.1. The Balaban J connectivity index is 2.79. The number of benzene rings is 1. The molecule has 1 aromatic carbocycles. The van der Waals surface area contributed by atoms with Crippen LogP contribution in [-0.4, -0.2) is 23.2 Å². The van der Waals surface area contributed by atoms with Crippen molar-refractivity contribution in [1.82, 2.24) is 5.32 Å². The van der Waals surface area contributed by atoms with E-state index in [-0.39, 0.29) is 5.91 Å². The summed E-state index contributed by atoms with van der Waals surface area (Å²) >= 11 is 1.69. The Labute approximate surface area is 114 Å². The monoisotopic (exact) mass is 266 g/mol. The summed E-state index contributed by atoms with van der Waals surface area (Å²) in [5.41, 5.74) is 6.19. The molecule has 0 saturated heterocycles. The quantitative estimate of drug-likeness (QED) is 0.806. The number of carbonyl (C=O) groups excluding carboxylic acids is 1. The maximum absolute atomic E-state index is 12.1. The van der Waals surface area contributed by atoms with Crippen LogP contribution in [0.1, 0.15) is 38.1 Å². The van der Waals surface area contributed by atoms with Gasteiger partial charge in [0.15, 0.2) is 0 Å². The lowest BCUT2D eigenvalue weighted by Crippen LogP contribution is -2.45. The molecular formula is C14H22N2OS. The molecule has 0 heterocycles. The average molecular weight is 266 g/mol. The largest absolute Gasteiger partial charge is 0.350 e. The number of hydrogen-bond donors (Lipinski definition) is 2. The van der Waals surface area contributed by atoms with Gasteiger partial charge in [-0.1, -0.05) is 26.0 Å². The highest BCUT2D eigenvalue weighted by molar-refractivity contribution is 8.00. The molecule has 0 saturated carbocycles. The highest BCUT2D eigenvalue weighted by Crippen LogP contribution is 2.26. The fourth-order valence-electron chi connectivity index (χ4n) is 1.41. The third-order valence-corrected chi connectivity index (χ3v) is 3.28. The van der Waals surface area contributed by atoms with E-state index in [2.05, 4.69) is 19.2 Å². The number of hydrogen-bond acceptors (Lipinski definition) is 3. The van der Waals surface area contributed by atoms with Crippen LogP contribution in [0.3, 0.4) is 0 Å². The molecule has 0 radical (unpaired) electrons. The van der Waals surface area contributed by atoms with Gasteiger partial charge in [-0.15, -0.1) is 11.8 Å². The molecule has 3 N–H and O–H groups in total. The molecule has 0 fully saturated rings. The summed E-state index contributed by atoms with van der Waals surface area (Å²) in [5.74, 6) is -0.0581. The van der Waals surface area contributed by atoms with Crippen LogP contribution in [0, 0.1) is 0 Å². The fourth-order valence-corrected chi connectivity index (χ4v) is 2.37. The van der Waals surface area contributed by atoms with Crippen molar-refractivity contribution >= 4 is 17.7 Å². The van der Waals surface area contributed by atoms with Crippen LogP contribution < -0.4 is 11.1 Å². The highest BCUT2D eigenvalue weighted by atomic mass is 32.2. The maximum Gasteiger partial charge on any atom is 0.252 e. The highest BCUT2D eigenvalue weighted by Gasteiger charge is 2.16. The minimum Gasteiger partial charge on any atom is -0.350 e. The van der Waals surface area contributed by atoms with Gasteiger partial charge in [-0.05, 0) is 26.0 Å². The second kappa shape index (κ2) is 6.25. The third kappa shape index (κ3) is 5.10. The summed E-state index contributed by atoms with van der Waals surface area (Å²) in [6.45, 7) is 8.47. The average Bonchev–Trinajstić information content (AvgIpc) is 2.25. The van der Waals surface area contributed by atoms with Crippen molar-refractivity contribution in [2.75, 3.05) is 6.54 Å². The first-order valence-electron chi connectivity index (χ1n) is 6.12. The molecule has 0 aliphatic heterocycles. The minimum atomic E-state index is -0.393. The molecule has 4 heteroatoms. The number of carbonyl (C=O) groups is 1. The van der Waals surface area contributed by atoms with Crippen molar-refractivity contribution in [3.05, 3.63) is 29.8 Å². The van der Waals surface area contributed by atoms with Crippen LogP contribution in [0.15, 0.2) is 29.2 Å². The second-order valence-electron chi connectivity index (χ2n) is 5.33. The van der Waals surface area contributed by atoms with Crippen molar-refractivity contribution in [3.63, 3.8) is 0 Å². The summed E-state index contributed by atoms with van der Waals surface area (Å²) in [6.07, 6.45) is 0. The van der Waals surface area contributed by atoms with Gasteiger partial charge in [-0.2, -0.15) is 0 Å². The van der Waals surface area contributed by atoms with Gasteiger partial charge < -0.3 is 11.1 Å². The van der Waals surface area contributed by atoms with Gasteiger partial charge in [0.25, 0.3) is 5.91 Å². The van der Waals surface area contributed by atoms with Crippen molar-refractivity contribution in [1.29, 1.82) is 0 Å². The molecule has 0 atom stereocenters. The zero-order valence-electron chi connectivity index (χ0n) is 11.5. The van der Waals surface area contributed by atoms with Gasteiger partial charge in [0.1, 0.15) is 0 Å². The molecular weight excluding hydrogens is 244 g/mol. The predicted octanol–water partition coefficient (Wildman–Crippen LogP) is 2.65. The minimum absolute atomic E-state index is 0.0581. The van der Waals surface area contributed by atoms with Gasteiger partial charge in [-0.25, -0.2) is 0 Å². The fraction of sp³-hybridized carbons (Fsp3) is 0.500. The van der Waals surface area contributed by atoms with Gasteiger partial charge in [0.2, 0.25) is 0 Å². The summed E-state index contributed by atoms with van der Waals surface area (Å²) in [4.78, 5) is 13.1. The lowest BCUT2D eigenvalue weighted by molar-refractivity contribution is 0.0943. The van der Waals surface area contributed by atoms with Gasteiger partial charge in [0.05, 0.1) is 5.56 Å². The van der Waals surface area contributed by atoms with E-state index in [1.165, 1.54) is 0 Å². The van der Waals surface area contributed by atoms with Crippen molar-refractivity contribution in [3.8, 4) is 0 Å². The van der Waals surface area contributed by atoms with E-state index in [1.807, 2.05) is 38.1 Å². The Morgan fingerprint density at radius 1 is 1.39 bits per heavy atom. The molecule has 18 heavy (non-hydrogen) atoms. The van der Waals surface area contributed by atoms with E-state index in [1.54, 1.807) is 11.8 Å². The van der Waals surface area contributed by atoms with E-state index >= 15 is 0 Å². The molecule has 1 rings (SSSR count). The van der Waals surface area contributed by atoms with Gasteiger partial charge in [-0.3, -0.25) is 4.79 Å². The van der Waals surface area contributed by atoms with E-state index in [4.69, 9.17) is 5.73 Å². The molecule has 1 aromatic rings. The Bertz CT molecular complexity index is 411. The normalized spacial score (nSPS) is 11.7. The van der Waals surface area contributed by atoms with Crippen molar-refractivity contribution in [2.24, 2.45) is 5.73 Å². The topological polar surface area (TPSA) is 55.1 Å². The Morgan fingerprint density at radius 2 is 2.00 bits per heavy atom. The molecule has 0 aromatic heterocycles. The first-order valence-corrected chi connectivity index (χ1v) is 7.00. The summed E-state index contributed by atoms with van der Waals surface area (Å²) in [7, 11) is 0. The van der Waals surface area contributed by atoms with Crippen LogP contribution in [0.5, 0.6) is 0 Å². The van der Waals surface area contributed by atoms with E-state index < -0.39 is 5.54 Å². The van der Waals surface area contributed by atoms with Crippen LogP contribution in [0.4, 0.5) is 0 Å². The summed E-state index contributed by atoms with van der Waals surface area (Å²) in [5, 5.41) is 3.32. The zero-order chi connectivity index (χ0) is 13.8. The van der Waals surface area contributed by atoms with Crippen molar-refractivity contribution in [2.45, 2.75) is 43.4 Å². The van der Waals surface area contributed by atoms with Gasteiger partial charge >= 0.3 is 0 Å². The van der Waals surface area contributed by atoms with Crippen LogP contribution in [0.25, 0.3) is 0 Å². The number of nitrogens with one attached hydrogen (secondary N) is 1. The van der Waals surface area contributed by atoms with Crippen LogP contribution in [0.2, 0.25) is 0 Å². The lowest BCUT2D eigenvalue weighted by Gasteiger charge is -2.19. The SMILES string of the molecule is CC(C)Sc1ccccc1C(=O)NCC(C)(C)N. The Kier molecular flexibility index (Phi) is 5.23. The zero-order valence-corrected chi connectivity index (χ0v) is 12.3. The Hall–Kier alpha value is -1.00. The van der Waals surface area contributed by atoms with E-state index in [9.17, 15) is 4.79 Å². The lowest BCUT2D eigenvalue weighted by atomic mass is 10.1. The molecule has 0 bridgehead atoms. The number of thioether (sulfide) groups is 1. The second-order valence-corrected chi connectivity index (χ2v) is 6.95. The molecule has 0 aliphatic rings. The molecule has 3 nitrogen and oxygen atoms in total. The molecule has 1 amide bonds. The molecule has 0 aliphatic carbocycles. The molecule has 100 valence electrons. The van der Waals surface area contributed by atoms with Crippen LogP contribution >= 0.6 is 11.8 Å². The van der Waals surface area contributed by atoms with Crippen molar-refractivity contribution < 1.29 is 4.79 Å². The third-order valence-electron chi connectivity index (χ3n) is 2.20. The first kappa shape index (κ1) is 15.1. The number of rotatable bonds is 5. The summed E-state index contributed by atoms with van der Waals surface area (Å²) in [6, 6.07) is 7.66. The standard InChI is InChI=1S/C14H22N2OS/c1-10(2)18-12-8-6-5-7-11(12)13(17)16-9-14(3,4)15/h5-8,10H,9,15H2,1-4H3,(H,16,17). The number of amides is 1. The smallest absolute Gasteiger partial charge is 0.252 e. The van der Waals surface area contributed by atoms with Gasteiger partial charge in [0, 0.05) is 22.2 Å². The summed E-state index contributed by atoms with van der Waals surface area (Å²) < 4.78 is 0. The number of nitrogens with two attached hydrogens (primary N) is 1. The first-order chi connectivity index (χ1) is 8.29. The molecule has 0 unspecified atom stereocenters. The Morgan fingerprint density at radius 3 is 2.56 bits per heavy atom. The van der Waals surface area contributed by atoms with E-state index in [0.717, 1.165) is 10.5 Å². The van der Waals surface area contributed by atoms with E-state index in [0.29, 0.717) is 11.8 Å². The predicted molar refractivity (Wildman–Crippen MR) is 78.0 cm³/mol. The van der Waals surface area contributed by atoms with Crippen LogP contribution in [-0.2, 0) is 0 Å². The molecule has 0 spiro atoms.